The van der Waals surface area contributed by atoms with Gasteiger partial charge in [-0.25, -0.2) is 0 Å². The van der Waals surface area contributed by atoms with Crippen LogP contribution in [0, 0.1) is 34.5 Å². The molecular weight excluding hydrogens is 308 g/mol. The van der Waals surface area contributed by atoms with Gasteiger partial charge < -0.3 is 15.7 Å². The summed E-state index contributed by atoms with van der Waals surface area (Å²) in [6.07, 6.45) is 12.0. The molecule has 0 amide bonds. The molecule has 0 aromatic carbocycles. The maximum atomic E-state index is 10.2. The average Bonchev–Trinajstić information content (AvgIpc) is 2.93. The van der Waals surface area contributed by atoms with Crippen LogP contribution in [0.2, 0.25) is 0 Å². The van der Waals surface area contributed by atoms with E-state index in [-0.39, 0.29) is 6.10 Å². The van der Waals surface area contributed by atoms with Gasteiger partial charge in [0.1, 0.15) is 13.1 Å². The molecule has 4 rings (SSSR count). The molecule has 4 aliphatic carbocycles. The molecule has 0 aliphatic heterocycles. The van der Waals surface area contributed by atoms with Crippen LogP contribution in [0.3, 0.4) is 0 Å². The maximum Gasteiger partial charge on any atom is 0.127 e. The summed E-state index contributed by atoms with van der Waals surface area (Å²) in [5.41, 5.74) is 5.20. The Morgan fingerprint density at radius 2 is 1.68 bits per heavy atom. The van der Waals surface area contributed by atoms with Crippen molar-refractivity contribution in [1.29, 1.82) is 0 Å². The molecule has 144 valence electrons. The van der Waals surface area contributed by atoms with Crippen LogP contribution in [-0.2, 0) is 0 Å². The summed E-state index contributed by atoms with van der Waals surface area (Å²) in [7, 11) is 2.43. The molecule has 25 heavy (non-hydrogen) atoms. The molecule has 0 heterocycles. The van der Waals surface area contributed by atoms with Crippen LogP contribution in [-0.4, -0.2) is 37.4 Å². The predicted octanol–water partition coefficient (Wildman–Crippen LogP) is 1.52. The van der Waals surface area contributed by atoms with E-state index in [9.17, 15) is 5.11 Å². The van der Waals surface area contributed by atoms with Crippen LogP contribution < -0.4 is 10.6 Å². The van der Waals surface area contributed by atoms with E-state index < -0.39 is 0 Å². The first kappa shape index (κ1) is 18.3. The van der Waals surface area contributed by atoms with Crippen LogP contribution in [0.25, 0.3) is 0 Å². The zero-order valence-corrected chi connectivity index (χ0v) is 16.9. The zero-order valence-electron chi connectivity index (χ0n) is 16.9. The number of hydrogen-bond donors (Lipinski definition) is 3. The van der Waals surface area contributed by atoms with Crippen LogP contribution in [0.4, 0.5) is 0 Å². The van der Waals surface area contributed by atoms with E-state index in [0.717, 1.165) is 49.1 Å². The number of nitrogens with one attached hydrogen (secondary N) is 1. The largest absolute Gasteiger partial charge is 0.393 e. The Kier molecular flexibility index (Phi) is 4.74. The summed E-state index contributed by atoms with van der Waals surface area (Å²) in [4.78, 5) is 1.75. The molecule has 0 aromatic rings. The van der Waals surface area contributed by atoms with Crippen molar-refractivity contribution in [2.45, 2.75) is 83.8 Å². The van der Waals surface area contributed by atoms with E-state index in [2.05, 4.69) is 26.6 Å². The lowest BCUT2D eigenvalue weighted by Crippen LogP contribution is -3.15. The summed E-state index contributed by atoms with van der Waals surface area (Å²) in [6.45, 7) is 7.56. The van der Waals surface area contributed by atoms with Crippen molar-refractivity contribution in [1.82, 2.24) is 0 Å². The van der Waals surface area contributed by atoms with Crippen molar-refractivity contribution < 1.29 is 15.7 Å². The van der Waals surface area contributed by atoms with E-state index in [1.54, 1.807) is 4.90 Å². The smallest absolute Gasteiger partial charge is 0.127 e. The van der Waals surface area contributed by atoms with Gasteiger partial charge in [0.15, 0.2) is 0 Å². The Morgan fingerprint density at radius 3 is 2.44 bits per heavy atom. The zero-order chi connectivity index (χ0) is 17.8. The molecule has 0 bridgehead atoms. The number of rotatable bonds is 3. The second-order valence-electron chi connectivity index (χ2n) is 10.7. The molecule has 4 saturated carbocycles. The molecule has 9 atom stereocenters. The normalized spacial score (nSPS) is 53.6. The maximum absolute atomic E-state index is 10.2. The van der Waals surface area contributed by atoms with Crippen molar-refractivity contribution in [2.75, 3.05) is 20.1 Å². The first-order valence-corrected chi connectivity index (χ1v) is 11.2. The van der Waals surface area contributed by atoms with Gasteiger partial charge in [-0.2, -0.15) is 0 Å². The number of aliphatic hydroxyl groups excluding tert-OH is 1. The molecule has 0 radical (unpaired) electrons. The van der Waals surface area contributed by atoms with Gasteiger partial charge in [-0.3, -0.25) is 0 Å². The average molecular weight is 351 g/mol. The summed E-state index contributed by atoms with van der Waals surface area (Å²) in [5, 5.41) is 10.2. The third kappa shape index (κ3) is 2.72. The molecule has 4 aliphatic rings. The van der Waals surface area contributed by atoms with Crippen LogP contribution in [0.15, 0.2) is 0 Å². The highest BCUT2D eigenvalue weighted by atomic mass is 16.3. The third-order valence-corrected chi connectivity index (χ3v) is 9.80. The van der Waals surface area contributed by atoms with Crippen molar-refractivity contribution in [2.24, 2.45) is 34.5 Å². The Bertz CT molecular complexity index is 496. The van der Waals surface area contributed by atoms with Gasteiger partial charge in [0.2, 0.25) is 0 Å². The summed E-state index contributed by atoms with van der Waals surface area (Å²) >= 11 is 0. The Balaban J connectivity index is 1.56. The third-order valence-electron chi connectivity index (χ3n) is 9.80. The molecule has 3 heteroatoms. The highest BCUT2D eigenvalue weighted by Gasteiger charge is 2.61. The lowest BCUT2D eigenvalue weighted by atomic mass is 9.45. The van der Waals surface area contributed by atoms with Crippen LogP contribution >= 0.6 is 0 Å². The fourth-order valence-electron chi connectivity index (χ4n) is 8.50. The van der Waals surface area contributed by atoms with E-state index in [1.165, 1.54) is 51.5 Å². The molecule has 0 aromatic heterocycles. The van der Waals surface area contributed by atoms with Crippen LogP contribution in [0.1, 0.15) is 71.6 Å². The summed E-state index contributed by atoms with van der Waals surface area (Å²) in [6, 6.07) is 0.860. The van der Waals surface area contributed by atoms with Gasteiger partial charge in [-0.05, 0) is 80.5 Å². The minimum atomic E-state index is -0.0146. The summed E-state index contributed by atoms with van der Waals surface area (Å²) in [5.74, 6) is 3.65. The predicted molar refractivity (Wildman–Crippen MR) is 101 cm³/mol. The SMILES string of the molecule is C[NH+](CC[NH3+])[C@H]1CC[C@@H]2[C@H]3CC[C@H]4C[C@H](O)CC[C@]4(C)[C@H]3CC[C@@]21C. The van der Waals surface area contributed by atoms with E-state index in [4.69, 9.17) is 0 Å². The molecule has 4 fully saturated rings. The molecule has 5 N–H and O–H groups in total. The van der Waals surface area contributed by atoms with Crippen molar-refractivity contribution >= 4 is 0 Å². The standard InChI is InChI=1S/C22H40N2O/c1-21-10-8-16(25)14-15(21)4-5-17-18-6-7-20(24(3)13-12-23)22(18,2)11-9-19(17)21/h15-20,25H,4-14,23H2,1-3H3/p+2/t15-,16+,17+,18+,19-,20-,21-,22-/m0/s1. The molecule has 3 nitrogen and oxygen atoms in total. The summed E-state index contributed by atoms with van der Waals surface area (Å²) < 4.78 is 0. The monoisotopic (exact) mass is 350 g/mol. The number of hydrogen-bond acceptors (Lipinski definition) is 1. The van der Waals surface area contributed by atoms with Crippen molar-refractivity contribution in [3.8, 4) is 0 Å². The number of aliphatic hydroxyl groups is 1. The first-order valence-electron chi connectivity index (χ1n) is 11.2. The topological polar surface area (TPSA) is 52.3 Å². The van der Waals surface area contributed by atoms with Gasteiger partial charge in [0.25, 0.3) is 0 Å². The fraction of sp³-hybridized carbons (Fsp3) is 1.00. The molecular formula is C22H42N2O+2. The van der Waals surface area contributed by atoms with E-state index in [1.807, 2.05) is 0 Å². The van der Waals surface area contributed by atoms with Crippen molar-refractivity contribution in [3.05, 3.63) is 0 Å². The van der Waals surface area contributed by atoms with Gasteiger partial charge in [-0.15, -0.1) is 0 Å². The highest BCUT2D eigenvalue weighted by molar-refractivity contribution is 5.09. The van der Waals surface area contributed by atoms with Gasteiger partial charge in [0.05, 0.1) is 19.2 Å². The fourth-order valence-corrected chi connectivity index (χ4v) is 8.50. The van der Waals surface area contributed by atoms with Crippen molar-refractivity contribution in [3.63, 3.8) is 0 Å². The van der Waals surface area contributed by atoms with Crippen LogP contribution in [0.5, 0.6) is 0 Å². The number of fused-ring (bicyclic) bond motifs is 5. The first-order chi connectivity index (χ1) is 11.9. The van der Waals surface area contributed by atoms with Gasteiger partial charge in [-0.1, -0.05) is 13.8 Å². The highest BCUT2D eigenvalue weighted by Crippen LogP contribution is 2.65. The van der Waals surface area contributed by atoms with Gasteiger partial charge >= 0.3 is 0 Å². The Morgan fingerprint density at radius 1 is 0.960 bits per heavy atom. The number of quaternary nitrogens is 2. The van der Waals surface area contributed by atoms with Gasteiger partial charge in [0, 0.05) is 11.8 Å². The lowest BCUT2D eigenvalue weighted by molar-refractivity contribution is -0.918. The molecule has 1 unspecified atom stereocenters. The Hall–Kier alpha value is -0.120. The minimum Gasteiger partial charge on any atom is -0.393 e. The molecule has 0 spiro atoms. The lowest BCUT2D eigenvalue weighted by Gasteiger charge is -2.60. The molecule has 0 saturated heterocycles. The Labute approximate surface area is 154 Å². The van der Waals surface area contributed by atoms with E-state index in [0.29, 0.717) is 10.8 Å². The minimum absolute atomic E-state index is 0.0146. The quantitative estimate of drug-likeness (QED) is 0.710. The second-order valence-corrected chi connectivity index (χ2v) is 10.7. The van der Waals surface area contributed by atoms with E-state index >= 15 is 0 Å². The number of likely N-dealkylation sites (N-methyl/N-ethyl adjacent to an activating group) is 1. The second kappa shape index (κ2) is 6.49.